The van der Waals surface area contributed by atoms with Gasteiger partial charge in [0.15, 0.2) is 0 Å². The van der Waals surface area contributed by atoms with E-state index in [1.165, 1.54) is 11.8 Å². The van der Waals surface area contributed by atoms with E-state index in [1.54, 1.807) is 10.9 Å². The molecule has 0 radical (unpaired) electrons. The van der Waals surface area contributed by atoms with Gasteiger partial charge in [0.05, 0.1) is 17.1 Å². The molecule has 92 valence electrons. The van der Waals surface area contributed by atoms with Crippen molar-refractivity contribution in [2.75, 3.05) is 0 Å². The van der Waals surface area contributed by atoms with Gasteiger partial charge in [-0.05, 0) is 13.8 Å². The van der Waals surface area contributed by atoms with Crippen LogP contribution in [0.1, 0.15) is 23.4 Å². The lowest BCUT2D eigenvalue weighted by Crippen LogP contribution is -2.22. The van der Waals surface area contributed by atoms with Crippen molar-refractivity contribution < 1.29 is 4.42 Å². The number of aryl methyl sites for hydroxylation is 2. The normalized spacial score (nSPS) is 14.8. The highest BCUT2D eigenvalue weighted by molar-refractivity contribution is 7.99. The molecule has 2 atom stereocenters. The third-order valence-electron chi connectivity index (χ3n) is 2.36. The lowest BCUT2D eigenvalue weighted by Gasteiger charge is -2.16. The van der Waals surface area contributed by atoms with E-state index >= 15 is 0 Å². The summed E-state index contributed by atoms with van der Waals surface area (Å²) in [6.45, 7) is 3.87. The maximum Gasteiger partial charge on any atom is 0.256 e. The highest BCUT2D eigenvalue weighted by Crippen LogP contribution is 2.36. The van der Waals surface area contributed by atoms with E-state index < -0.39 is 0 Å². The molecule has 0 aromatic carbocycles. The van der Waals surface area contributed by atoms with Crippen molar-refractivity contribution in [1.29, 1.82) is 0 Å². The summed E-state index contributed by atoms with van der Waals surface area (Å²) in [5.74, 6) is 0. The Morgan fingerprint density at radius 3 is 2.76 bits per heavy atom. The lowest BCUT2D eigenvalue weighted by atomic mass is 10.1. The van der Waals surface area contributed by atoms with Gasteiger partial charge in [-0.1, -0.05) is 11.8 Å². The number of oxazole rings is 1. The van der Waals surface area contributed by atoms with Crippen LogP contribution in [0.4, 0.5) is 0 Å². The number of hydrogen-bond donors (Lipinski definition) is 1. The van der Waals surface area contributed by atoms with Crippen molar-refractivity contribution in [2.24, 2.45) is 12.8 Å². The average Bonchev–Trinajstić information content (AvgIpc) is 2.83. The van der Waals surface area contributed by atoms with Crippen LogP contribution in [0.15, 0.2) is 28.3 Å². The Morgan fingerprint density at radius 1 is 1.53 bits per heavy atom. The minimum absolute atomic E-state index is 0.00333. The second-order valence-corrected chi connectivity index (χ2v) is 5.19. The average molecular weight is 252 g/mol. The first-order valence-electron chi connectivity index (χ1n) is 5.39. The molecule has 0 aliphatic heterocycles. The maximum absolute atomic E-state index is 6.01. The predicted octanol–water partition coefficient (Wildman–Crippen LogP) is 1.90. The molecule has 0 spiro atoms. The number of nitrogens with two attached hydrogens (primary N) is 1. The molecule has 5 nitrogen and oxygen atoms in total. The first kappa shape index (κ1) is 12.2. The van der Waals surface area contributed by atoms with E-state index in [2.05, 4.69) is 10.1 Å². The van der Waals surface area contributed by atoms with Gasteiger partial charge in [0.2, 0.25) is 0 Å². The molecular weight excluding hydrogens is 236 g/mol. The quantitative estimate of drug-likeness (QED) is 0.841. The topological polar surface area (TPSA) is 69.9 Å². The van der Waals surface area contributed by atoms with E-state index in [4.69, 9.17) is 10.2 Å². The Bertz CT molecular complexity index is 491. The zero-order chi connectivity index (χ0) is 12.4. The standard InChI is InChI=1S/C11H16N4OS/c1-7-6-16-11(14-7)17-10(8(2)12)9-4-13-15(3)5-9/h4-6,8,10H,12H2,1-3H3. The summed E-state index contributed by atoms with van der Waals surface area (Å²) in [7, 11) is 1.89. The predicted molar refractivity (Wildman–Crippen MR) is 66.7 cm³/mol. The fraction of sp³-hybridized carbons (Fsp3) is 0.455. The third kappa shape index (κ3) is 2.89. The first-order chi connectivity index (χ1) is 8.06. The zero-order valence-electron chi connectivity index (χ0n) is 10.1. The molecular formula is C11H16N4OS. The number of thioether (sulfide) groups is 1. The Hall–Kier alpha value is -1.27. The molecule has 0 fully saturated rings. The highest BCUT2D eigenvalue weighted by Gasteiger charge is 2.21. The fourth-order valence-corrected chi connectivity index (χ4v) is 2.55. The van der Waals surface area contributed by atoms with Crippen molar-refractivity contribution in [1.82, 2.24) is 14.8 Å². The zero-order valence-corrected chi connectivity index (χ0v) is 10.9. The molecule has 2 N–H and O–H groups in total. The molecule has 0 aliphatic rings. The monoisotopic (exact) mass is 252 g/mol. The van der Waals surface area contributed by atoms with Crippen LogP contribution in [-0.2, 0) is 7.05 Å². The van der Waals surface area contributed by atoms with Crippen molar-refractivity contribution in [2.45, 2.75) is 30.4 Å². The second kappa shape index (κ2) is 4.93. The summed E-state index contributed by atoms with van der Waals surface area (Å²) in [5.41, 5.74) is 7.97. The molecule has 2 heterocycles. The number of nitrogens with zero attached hydrogens (tertiary/aromatic N) is 3. The van der Waals surface area contributed by atoms with Gasteiger partial charge in [0, 0.05) is 24.8 Å². The number of hydrogen-bond acceptors (Lipinski definition) is 5. The van der Waals surface area contributed by atoms with E-state index in [0.717, 1.165) is 11.3 Å². The van der Waals surface area contributed by atoms with Gasteiger partial charge in [-0.3, -0.25) is 4.68 Å². The van der Waals surface area contributed by atoms with Crippen molar-refractivity contribution >= 4 is 11.8 Å². The molecule has 2 unspecified atom stereocenters. The van der Waals surface area contributed by atoms with Gasteiger partial charge >= 0.3 is 0 Å². The Kier molecular flexibility index (Phi) is 3.54. The Balaban J connectivity index is 2.18. The molecule has 2 aromatic heterocycles. The van der Waals surface area contributed by atoms with Crippen LogP contribution >= 0.6 is 11.8 Å². The highest BCUT2D eigenvalue weighted by atomic mass is 32.2. The molecule has 0 bridgehead atoms. The molecule has 2 aromatic rings. The smallest absolute Gasteiger partial charge is 0.256 e. The number of aromatic nitrogens is 3. The van der Waals surface area contributed by atoms with Crippen LogP contribution in [0, 0.1) is 6.92 Å². The summed E-state index contributed by atoms with van der Waals surface area (Å²) in [6.07, 6.45) is 5.44. The van der Waals surface area contributed by atoms with Crippen molar-refractivity contribution in [3.8, 4) is 0 Å². The van der Waals surface area contributed by atoms with Crippen molar-refractivity contribution in [3.63, 3.8) is 0 Å². The Morgan fingerprint density at radius 2 is 2.29 bits per heavy atom. The van der Waals surface area contributed by atoms with Gasteiger partial charge < -0.3 is 10.2 Å². The van der Waals surface area contributed by atoms with Gasteiger partial charge in [0.25, 0.3) is 5.22 Å². The van der Waals surface area contributed by atoms with Crippen LogP contribution in [0.5, 0.6) is 0 Å². The van der Waals surface area contributed by atoms with Crippen LogP contribution in [0.2, 0.25) is 0 Å². The van der Waals surface area contributed by atoms with Crippen LogP contribution in [0.3, 0.4) is 0 Å². The van der Waals surface area contributed by atoms with Gasteiger partial charge in [-0.15, -0.1) is 0 Å². The van der Waals surface area contributed by atoms with E-state index in [1.807, 2.05) is 33.3 Å². The van der Waals surface area contributed by atoms with Crippen molar-refractivity contribution in [3.05, 3.63) is 29.9 Å². The van der Waals surface area contributed by atoms with Gasteiger partial charge in [-0.2, -0.15) is 5.10 Å². The second-order valence-electron chi connectivity index (χ2n) is 4.10. The molecule has 6 heteroatoms. The Labute approximate surface area is 104 Å². The summed E-state index contributed by atoms with van der Waals surface area (Å²) in [5, 5.41) is 4.91. The summed E-state index contributed by atoms with van der Waals surface area (Å²) < 4.78 is 7.11. The van der Waals surface area contributed by atoms with E-state index in [9.17, 15) is 0 Å². The first-order valence-corrected chi connectivity index (χ1v) is 6.27. The summed E-state index contributed by atoms with van der Waals surface area (Å²) in [6, 6.07) is -0.00333. The minimum atomic E-state index is -0.00333. The molecule has 2 rings (SSSR count). The molecule has 0 saturated carbocycles. The summed E-state index contributed by atoms with van der Waals surface area (Å²) >= 11 is 1.53. The van der Waals surface area contributed by atoms with Gasteiger partial charge in [-0.25, -0.2) is 4.98 Å². The lowest BCUT2D eigenvalue weighted by molar-refractivity contribution is 0.452. The number of rotatable bonds is 4. The summed E-state index contributed by atoms with van der Waals surface area (Å²) in [4.78, 5) is 4.28. The van der Waals surface area contributed by atoms with Gasteiger partial charge in [0.1, 0.15) is 6.26 Å². The van der Waals surface area contributed by atoms with Crippen LogP contribution in [-0.4, -0.2) is 20.8 Å². The van der Waals surface area contributed by atoms with E-state index in [-0.39, 0.29) is 11.3 Å². The van der Waals surface area contributed by atoms with Crippen LogP contribution < -0.4 is 5.73 Å². The van der Waals surface area contributed by atoms with E-state index in [0.29, 0.717) is 5.22 Å². The minimum Gasteiger partial charge on any atom is -0.440 e. The molecule has 0 amide bonds. The molecule has 0 aliphatic carbocycles. The molecule has 0 saturated heterocycles. The largest absolute Gasteiger partial charge is 0.440 e. The molecule has 17 heavy (non-hydrogen) atoms. The third-order valence-corrected chi connectivity index (χ3v) is 3.70. The fourth-order valence-electron chi connectivity index (χ4n) is 1.56. The SMILES string of the molecule is Cc1coc(SC(c2cnn(C)c2)C(C)N)n1. The van der Waals surface area contributed by atoms with Crippen LogP contribution in [0.25, 0.3) is 0 Å². The maximum atomic E-state index is 6.01.